The minimum Gasteiger partial charge on any atom is -0.478 e. The van der Waals surface area contributed by atoms with Gasteiger partial charge in [-0.2, -0.15) is 16.1 Å². The third-order valence-corrected chi connectivity index (χ3v) is 5.91. The molecule has 0 saturated heterocycles. The third kappa shape index (κ3) is 4.12. The molecule has 1 rings (SSSR count). The number of carbonyl (C=O) groups is 1. The van der Waals surface area contributed by atoms with Crippen LogP contribution < -0.4 is 5.73 Å². The minimum atomic E-state index is -3.90. The highest BCUT2D eigenvalue weighted by Gasteiger charge is 2.29. The first-order valence-electron chi connectivity index (χ1n) is 6.31. The molecule has 8 heteroatoms. The molecular weight excluding hydrogens is 312 g/mol. The predicted molar refractivity (Wildman–Crippen MR) is 85.2 cm³/mol. The summed E-state index contributed by atoms with van der Waals surface area (Å²) < 4.78 is 26.4. The molecule has 0 bridgehead atoms. The fourth-order valence-corrected chi connectivity index (χ4v) is 3.98. The molecule has 0 aliphatic carbocycles. The number of hydrogen-bond donors (Lipinski definition) is 2. The number of nitrogens with zero attached hydrogens (tertiary/aromatic N) is 1. The van der Waals surface area contributed by atoms with E-state index in [-0.39, 0.29) is 22.2 Å². The van der Waals surface area contributed by atoms with Crippen LogP contribution in [0.3, 0.4) is 0 Å². The largest absolute Gasteiger partial charge is 0.478 e. The average Bonchev–Trinajstić information content (AvgIpc) is 2.43. The zero-order valence-electron chi connectivity index (χ0n) is 12.2. The Hall–Kier alpha value is -1.25. The van der Waals surface area contributed by atoms with E-state index in [1.165, 1.54) is 29.6 Å². The highest BCUT2D eigenvalue weighted by Crippen LogP contribution is 2.24. The van der Waals surface area contributed by atoms with Crippen molar-refractivity contribution in [3.05, 3.63) is 23.8 Å². The van der Waals surface area contributed by atoms with E-state index in [9.17, 15) is 13.2 Å². The molecule has 0 radical (unpaired) electrons. The number of anilines is 1. The number of carboxylic acids is 1. The summed E-state index contributed by atoms with van der Waals surface area (Å²) in [7, 11) is -2.45. The van der Waals surface area contributed by atoms with E-state index >= 15 is 0 Å². The maximum atomic E-state index is 12.6. The fraction of sp³-hybridized carbons (Fsp3) is 0.462. The number of aromatic carboxylic acids is 1. The first kappa shape index (κ1) is 17.8. The van der Waals surface area contributed by atoms with Crippen LogP contribution in [0.4, 0.5) is 5.69 Å². The van der Waals surface area contributed by atoms with Gasteiger partial charge in [-0.25, -0.2) is 13.2 Å². The number of hydrogen-bond acceptors (Lipinski definition) is 5. The van der Waals surface area contributed by atoms with E-state index in [0.717, 1.165) is 5.75 Å². The van der Waals surface area contributed by atoms with Crippen molar-refractivity contribution in [1.82, 2.24) is 4.31 Å². The van der Waals surface area contributed by atoms with E-state index in [4.69, 9.17) is 10.8 Å². The van der Waals surface area contributed by atoms with Gasteiger partial charge in [0, 0.05) is 18.8 Å². The summed E-state index contributed by atoms with van der Waals surface area (Å²) >= 11 is 1.63. The van der Waals surface area contributed by atoms with Gasteiger partial charge in [0.25, 0.3) is 0 Å². The Morgan fingerprint density at radius 3 is 2.62 bits per heavy atom. The smallest absolute Gasteiger partial charge is 0.337 e. The second-order valence-electron chi connectivity index (χ2n) is 4.71. The van der Waals surface area contributed by atoms with Gasteiger partial charge in [0.05, 0.1) is 10.5 Å². The number of benzene rings is 1. The lowest BCUT2D eigenvalue weighted by atomic mass is 10.2. The Morgan fingerprint density at radius 2 is 2.10 bits per heavy atom. The maximum absolute atomic E-state index is 12.6. The Bertz CT molecular complexity index is 617. The Labute approximate surface area is 129 Å². The molecule has 1 unspecified atom stereocenters. The van der Waals surface area contributed by atoms with Gasteiger partial charge in [0.15, 0.2) is 0 Å². The number of rotatable bonds is 7. The summed E-state index contributed by atoms with van der Waals surface area (Å²) in [6, 6.07) is 3.55. The maximum Gasteiger partial charge on any atom is 0.337 e. The van der Waals surface area contributed by atoms with Gasteiger partial charge < -0.3 is 10.8 Å². The normalized spacial score (nSPS) is 13.3. The quantitative estimate of drug-likeness (QED) is 0.738. The molecule has 6 nitrogen and oxygen atoms in total. The lowest BCUT2D eigenvalue weighted by Gasteiger charge is -2.25. The van der Waals surface area contributed by atoms with E-state index in [0.29, 0.717) is 6.42 Å². The van der Waals surface area contributed by atoms with Crippen LogP contribution in [0.25, 0.3) is 0 Å². The van der Waals surface area contributed by atoms with Crippen molar-refractivity contribution in [1.29, 1.82) is 0 Å². The molecule has 0 amide bonds. The SMILES string of the molecule is CSCCC(C)N(C)S(=O)(=O)c1cc(N)ccc1C(=O)O. The molecule has 3 N–H and O–H groups in total. The van der Waals surface area contributed by atoms with Crippen LogP contribution in [0, 0.1) is 0 Å². The zero-order chi connectivity index (χ0) is 16.2. The molecule has 0 aliphatic rings. The molecular formula is C13H20N2O4S2. The van der Waals surface area contributed by atoms with Crippen LogP contribution in [0.1, 0.15) is 23.7 Å². The summed E-state index contributed by atoms with van der Waals surface area (Å²) in [5.41, 5.74) is 5.54. The molecule has 1 aromatic rings. The molecule has 0 aromatic heterocycles. The topological polar surface area (TPSA) is 101 Å². The standard InChI is InChI=1S/C13H20N2O4S2/c1-9(6-7-20-3)15(2)21(18,19)12-8-10(14)4-5-11(12)13(16)17/h4-5,8-9H,6-7,14H2,1-3H3,(H,16,17). The van der Waals surface area contributed by atoms with E-state index in [1.807, 2.05) is 6.26 Å². The van der Waals surface area contributed by atoms with Gasteiger partial charge in [0.2, 0.25) is 10.0 Å². The second-order valence-corrected chi connectivity index (χ2v) is 7.66. The van der Waals surface area contributed by atoms with Crippen LogP contribution in [0.2, 0.25) is 0 Å². The molecule has 1 aromatic carbocycles. The monoisotopic (exact) mass is 332 g/mol. The molecule has 0 saturated carbocycles. The highest BCUT2D eigenvalue weighted by molar-refractivity contribution is 7.98. The molecule has 0 spiro atoms. The number of sulfonamides is 1. The third-order valence-electron chi connectivity index (χ3n) is 3.25. The average molecular weight is 332 g/mol. The number of thioether (sulfide) groups is 1. The molecule has 0 aliphatic heterocycles. The zero-order valence-corrected chi connectivity index (χ0v) is 13.9. The summed E-state index contributed by atoms with van der Waals surface area (Å²) in [5, 5.41) is 9.15. The van der Waals surface area contributed by atoms with Crippen molar-refractivity contribution < 1.29 is 18.3 Å². The summed E-state index contributed by atoms with van der Waals surface area (Å²) in [6.45, 7) is 1.79. The first-order chi connectivity index (χ1) is 9.71. The van der Waals surface area contributed by atoms with Crippen molar-refractivity contribution in [2.75, 3.05) is 24.8 Å². The van der Waals surface area contributed by atoms with Gasteiger partial charge in [-0.15, -0.1) is 0 Å². The van der Waals surface area contributed by atoms with E-state index in [1.54, 1.807) is 18.7 Å². The predicted octanol–water partition coefficient (Wildman–Crippen LogP) is 1.73. The van der Waals surface area contributed by atoms with Crippen molar-refractivity contribution in [2.45, 2.75) is 24.3 Å². The fourth-order valence-electron chi connectivity index (χ4n) is 1.79. The highest BCUT2D eigenvalue weighted by atomic mass is 32.2. The van der Waals surface area contributed by atoms with Gasteiger partial charge in [-0.05, 0) is 43.6 Å². The number of nitrogen functional groups attached to an aromatic ring is 1. The van der Waals surface area contributed by atoms with Crippen LogP contribution in [0.5, 0.6) is 0 Å². The van der Waals surface area contributed by atoms with E-state index in [2.05, 4.69) is 0 Å². The van der Waals surface area contributed by atoms with Crippen LogP contribution in [-0.4, -0.2) is 48.9 Å². The van der Waals surface area contributed by atoms with Crippen LogP contribution in [-0.2, 0) is 10.0 Å². The summed E-state index contributed by atoms with van der Waals surface area (Å²) in [4.78, 5) is 10.9. The van der Waals surface area contributed by atoms with Crippen molar-refractivity contribution in [3.63, 3.8) is 0 Å². The van der Waals surface area contributed by atoms with Crippen molar-refractivity contribution in [3.8, 4) is 0 Å². The minimum absolute atomic E-state index is 0.212. The summed E-state index contributed by atoms with van der Waals surface area (Å²) in [6.07, 6.45) is 2.63. The Morgan fingerprint density at radius 1 is 1.48 bits per heavy atom. The van der Waals surface area contributed by atoms with Crippen LogP contribution >= 0.6 is 11.8 Å². The van der Waals surface area contributed by atoms with Crippen LogP contribution in [0.15, 0.2) is 23.1 Å². The number of nitrogens with two attached hydrogens (primary N) is 1. The Kier molecular flexibility index (Phi) is 6.06. The lowest BCUT2D eigenvalue weighted by Crippen LogP contribution is -2.36. The van der Waals surface area contributed by atoms with Gasteiger partial charge >= 0.3 is 5.97 Å². The molecule has 21 heavy (non-hydrogen) atoms. The molecule has 0 fully saturated rings. The number of carboxylic acid groups (broad SMARTS) is 1. The molecule has 118 valence electrons. The van der Waals surface area contributed by atoms with Gasteiger partial charge in [0.1, 0.15) is 0 Å². The molecule has 1 atom stereocenters. The van der Waals surface area contributed by atoms with E-state index < -0.39 is 16.0 Å². The van der Waals surface area contributed by atoms with Crippen molar-refractivity contribution >= 4 is 33.4 Å². The first-order valence-corrected chi connectivity index (χ1v) is 9.15. The summed E-state index contributed by atoms with van der Waals surface area (Å²) in [5.74, 6) is -0.470. The van der Waals surface area contributed by atoms with Gasteiger partial charge in [-0.1, -0.05) is 0 Å². The van der Waals surface area contributed by atoms with Crippen molar-refractivity contribution in [2.24, 2.45) is 0 Å². The molecule has 0 heterocycles. The Balaban J connectivity index is 3.24. The lowest BCUT2D eigenvalue weighted by molar-refractivity contribution is 0.0692. The van der Waals surface area contributed by atoms with Gasteiger partial charge in [-0.3, -0.25) is 0 Å². The second kappa shape index (κ2) is 7.15.